The average molecular weight is 310 g/mol. The Balaban J connectivity index is 2.19. The van der Waals surface area contributed by atoms with Crippen LogP contribution in [0.3, 0.4) is 0 Å². The average Bonchev–Trinajstić information content (AvgIpc) is 2.93. The van der Waals surface area contributed by atoms with E-state index in [1.807, 2.05) is 0 Å². The molecule has 116 valence electrons. The van der Waals surface area contributed by atoms with Crippen LogP contribution < -0.4 is 4.90 Å². The second kappa shape index (κ2) is 6.13. The summed E-state index contributed by atoms with van der Waals surface area (Å²) in [5.74, 6) is -1.36. The lowest BCUT2D eigenvalue weighted by Gasteiger charge is -2.40. The van der Waals surface area contributed by atoms with Crippen molar-refractivity contribution in [2.45, 2.75) is 46.5 Å². The van der Waals surface area contributed by atoms with E-state index in [9.17, 15) is 9.59 Å². The molecule has 2 rings (SSSR count). The van der Waals surface area contributed by atoms with Gasteiger partial charge < -0.3 is 10.0 Å². The van der Waals surface area contributed by atoms with Crippen LogP contribution >= 0.6 is 11.3 Å². The predicted octanol–water partition coefficient (Wildman–Crippen LogP) is 3.45. The lowest BCUT2D eigenvalue weighted by atomic mass is 9.74. The van der Waals surface area contributed by atoms with E-state index in [-0.39, 0.29) is 16.4 Å². The van der Waals surface area contributed by atoms with Crippen LogP contribution in [0, 0.1) is 5.41 Å². The van der Waals surface area contributed by atoms with E-state index in [4.69, 9.17) is 5.11 Å². The lowest BCUT2D eigenvalue weighted by Crippen LogP contribution is -2.39. The minimum Gasteiger partial charge on any atom is -0.476 e. The third kappa shape index (κ3) is 3.10. The largest absolute Gasteiger partial charge is 0.476 e. The van der Waals surface area contributed by atoms with Crippen molar-refractivity contribution in [2.24, 2.45) is 5.41 Å². The molecule has 1 saturated heterocycles. The number of aromatic carboxylic acids is 1. The molecule has 1 aliphatic heterocycles. The van der Waals surface area contributed by atoms with Crippen LogP contribution in [0.2, 0.25) is 0 Å². The van der Waals surface area contributed by atoms with Crippen LogP contribution in [0.4, 0.5) is 5.13 Å². The number of carbonyl (C=O) groups is 2. The predicted molar refractivity (Wildman–Crippen MR) is 83.5 cm³/mol. The standard InChI is InChI=1S/C15H22N2O3S/c1-4-15(5-2)6-8-17(9-7-15)14-16-11(13(19)20)12(21-14)10(3)18/h4-9H2,1-3H3,(H,19,20). The summed E-state index contributed by atoms with van der Waals surface area (Å²) in [6.45, 7) is 7.62. The summed E-state index contributed by atoms with van der Waals surface area (Å²) in [5, 5.41) is 9.82. The van der Waals surface area contributed by atoms with Gasteiger partial charge in [-0.1, -0.05) is 38.0 Å². The normalized spacial score (nSPS) is 17.8. The highest BCUT2D eigenvalue weighted by atomic mass is 32.1. The molecule has 1 aromatic rings. The molecular formula is C15H22N2O3S. The van der Waals surface area contributed by atoms with E-state index in [2.05, 4.69) is 23.7 Å². The Bertz CT molecular complexity index is 508. The smallest absolute Gasteiger partial charge is 0.356 e. The van der Waals surface area contributed by atoms with Gasteiger partial charge in [0.25, 0.3) is 0 Å². The van der Waals surface area contributed by atoms with Crippen molar-refractivity contribution in [2.75, 3.05) is 18.0 Å². The number of thiazole rings is 1. The molecular weight excluding hydrogens is 288 g/mol. The third-order valence-electron chi connectivity index (χ3n) is 4.73. The van der Waals surface area contributed by atoms with Crippen LogP contribution in [-0.2, 0) is 0 Å². The Morgan fingerprint density at radius 3 is 2.24 bits per heavy atom. The maximum absolute atomic E-state index is 11.6. The zero-order chi connectivity index (χ0) is 15.6. The van der Waals surface area contributed by atoms with Gasteiger partial charge in [-0.2, -0.15) is 0 Å². The first kappa shape index (κ1) is 15.9. The third-order valence-corrected chi connectivity index (χ3v) is 5.95. The molecule has 0 unspecified atom stereocenters. The SMILES string of the molecule is CCC1(CC)CCN(c2nc(C(=O)O)c(C(C)=O)s2)CC1. The van der Waals surface area contributed by atoms with Gasteiger partial charge in [0.15, 0.2) is 16.6 Å². The summed E-state index contributed by atoms with van der Waals surface area (Å²) >= 11 is 1.20. The van der Waals surface area contributed by atoms with Gasteiger partial charge in [-0.3, -0.25) is 4.79 Å². The Kier molecular flexibility index (Phi) is 4.66. The van der Waals surface area contributed by atoms with Gasteiger partial charge in [-0.25, -0.2) is 9.78 Å². The van der Waals surface area contributed by atoms with E-state index < -0.39 is 5.97 Å². The first-order valence-electron chi connectivity index (χ1n) is 7.42. The lowest BCUT2D eigenvalue weighted by molar-refractivity contribution is 0.0687. The van der Waals surface area contributed by atoms with Crippen LogP contribution in [0.25, 0.3) is 0 Å². The molecule has 0 radical (unpaired) electrons. The number of Topliss-reactive ketones (excluding diaryl/α,β-unsaturated/α-hetero) is 1. The quantitative estimate of drug-likeness (QED) is 0.843. The summed E-state index contributed by atoms with van der Waals surface area (Å²) in [4.78, 5) is 29.3. The van der Waals surface area contributed by atoms with E-state index >= 15 is 0 Å². The molecule has 0 aliphatic carbocycles. The highest BCUT2D eigenvalue weighted by Crippen LogP contribution is 2.40. The molecule has 1 aliphatic rings. The van der Waals surface area contributed by atoms with Crippen molar-refractivity contribution in [3.63, 3.8) is 0 Å². The summed E-state index contributed by atoms with van der Waals surface area (Å²) in [5.41, 5.74) is 0.303. The zero-order valence-corrected chi connectivity index (χ0v) is 13.6. The van der Waals surface area contributed by atoms with E-state index in [0.717, 1.165) is 25.9 Å². The topological polar surface area (TPSA) is 70.5 Å². The van der Waals surface area contributed by atoms with E-state index in [0.29, 0.717) is 10.5 Å². The van der Waals surface area contributed by atoms with Gasteiger partial charge in [0, 0.05) is 20.0 Å². The van der Waals surface area contributed by atoms with Crippen molar-refractivity contribution >= 4 is 28.2 Å². The number of carbonyl (C=O) groups excluding carboxylic acids is 1. The van der Waals surface area contributed by atoms with Crippen LogP contribution in [-0.4, -0.2) is 34.9 Å². The first-order chi connectivity index (χ1) is 9.92. The number of hydrogen-bond acceptors (Lipinski definition) is 5. The fourth-order valence-corrected chi connectivity index (χ4v) is 3.96. The second-order valence-electron chi connectivity index (χ2n) is 5.73. The monoisotopic (exact) mass is 310 g/mol. The molecule has 0 spiro atoms. The molecule has 1 N–H and O–H groups in total. The summed E-state index contributed by atoms with van der Waals surface area (Å²) in [7, 11) is 0. The minimum atomic E-state index is -1.13. The van der Waals surface area contributed by atoms with Crippen molar-refractivity contribution in [1.82, 2.24) is 4.98 Å². The summed E-state index contributed by atoms with van der Waals surface area (Å²) < 4.78 is 0. The van der Waals surface area contributed by atoms with Gasteiger partial charge in [-0.05, 0) is 18.3 Å². The number of nitrogens with zero attached hydrogens (tertiary/aromatic N) is 2. The van der Waals surface area contributed by atoms with E-state index in [1.165, 1.54) is 31.1 Å². The Hall–Kier alpha value is -1.43. The molecule has 21 heavy (non-hydrogen) atoms. The zero-order valence-electron chi connectivity index (χ0n) is 12.8. The summed E-state index contributed by atoms with van der Waals surface area (Å²) in [6, 6.07) is 0. The highest BCUT2D eigenvalue weighted by Gasteiger charge is 2.33. The van der Waals surface area contributed by atoms with Gasteiger partial charge >= 0.3 is 5.97 Å². The number of aromatic nitrogens is 1. The summed E-state index contributed by atoms with van der Waals surface area (Å²) in [6.07, 6.45) is 4.54. The molecule has 0 saturated carbocycles. The second-order valence-corrected chi connectivity index (χ2v) is 6.71. The molecule has 0 aromatic carbocycles. The Labute approximate surface area is 129 Å². The Morgan fingerprint density at radius 2 is 1.86 bits per heavy atom. The van der Waals surface area contributed by atoms with Crippen LogP contribution in [0.1, 0.15) is 66.6 Å². The number of rotatable bonds is 5. The molecule has 0 atom stereocenters. The molecule has 1 aromatic heterocycles. The van der Waals surface area contributed by atoms with Crippen molar-refractivity contribution < 1.29 is 14.7 Å². The maximum atomic E-state index is 11.6. The number of carboxylic acid groups (broad SMARTS) is 1. The first-order valence-corrected chi connectivity index (χ1v) is 8.24. The molecule has 6 heteroatoms. The Morgan fingerprint density at radius 1 is 1.29 bits per heavy atom. The van der Waals surface area contributed by atoms with Crippen molar-refractivity contribution in [3.8, 4) is 0 Å². The molecule has 1 fully saturated rings. The number of hydrogen-bond donors (Lipinski definition) is 1. The van der Waals surface area contributed by atoms with Crippen molar-refractivity contribution in [3.05, 3.63) is 10.6 Å². The van der Waals surface area contributed by atoms with Crippen LogP contribution in [0.15, 0.2) is 0 Å². The van der Waals surface area contributed by atoms with Gasteiger partial charge in [0.2, 0.25) is 0 Å². The van der Waals surface area contributed by atoms with Crippen LogP contribution in [0.5, 0.6) is 0 Å². The highest BCUT2D eigenvalue weighted by molar-refractivity contribution is 7.17. The number of piperidine rings is 1. The number of carboxylic acids is 1. The number of anilines is 1. The van der Waals surface area contributed by atoms with E-state index in [1.54, 1.807) is 0 Å². The molecule has 5 nitrogen and oxygen atoms in total. The minimum absolute atomic E-state index is 0.106. The molecule has 2 heterocycles. The van der Waals surface area contributed by atoms with Gasteiger partial charge in [0.05, 0.1) is 0 Å². The number of ketones is 1. The fraction of sp³-hybridized carbons (Fsp3) is 0.667. The van der Waals surface area contributed by atoms with Crippen molar-refractivity contribution in [1.29, 1.82) is 0 Å². The fourth-order valence-electron chi connectivity index (χ4n) is 2.96. The maximum Gasteiger partial charge on any atom is 0.356 e. The van der Waals surface area contributed by atoms with Gasteiger partial charge in [0.1, 0.15) is 4.88 Å². The molecule has 0 amide bonds. The molecule has 0 bridgehead atoms. The van der Waals surface area contributed by atoms with Gasteiger partial charge in [-0.15, -0.1) is 0 Å².